The molecule has 0 fully saturated rings. The second-order valence-electron chi connectivity index (χ2n) is 9.99. The predicted molar refractivity (Wildman–Crippen MR) is 140 cm³/mol. The van der Waals surface area contributed by atoms with E-state index in [1.807, 2.05) is 26.8 Å². The molecule has 8 nitrogen and oxygen atoms in total. The molecule has 0 radical (unpaired) electrons. The Morgan fingerprint density at radius 3 is 2.39 bits per heavy atom. The Morgan fingerprint density at radius 2 is 1.81 bits per heavy atom. The van der Waals surface area contributed by atoms with Crippen LogP contribution in [0.1, 0.15) is 44.4 Å². The number of carbonyl (C=O) groups is 2. The standard InChI is InChI=1S/C25H30Cl2N2O6S/c1-25(2,3)15-29-20-10-9-16(26)13-18(20)23(17-7-5-6-8-19(17)27)35-21(24(29)32)11-12-28(14-22(30)31)36(4,33)34/h5-10,13,21,23H,11-12,14-15H2,1-4H3,(H,30,31). The van der Waals surface area contributed by atoms with Crippen molar-refractivity contribution in [3.05, 3.63) is 63.6 Å². The predicted octanol–water partition coefficient (Wildman–Crippen LogP) is 4.60. The van der Waals surface area contributed by atoms with Gasteiger partial charge in [0.05, 0.1) is 6.26 Å². The van der Waals surface area contributed by atoms with E-state index in [-0.39, 0.29) is 24.3 Å². The fourth-order valence-electron chi connectivity index (χ4n) is 4.10. The molecule has 11 heteroatoms. The van der Waals surface area contributed by atoms with Gasteiger partial charge in [0.2, 0.25) is 10.0 Å². The minimum Gasteiger partial charge on any atom is -0.480 e. The number of rotatable bonds is 8. The average molecular weight is 557 g/mol. The monoisotopic (exact) mass is 556 g/mol. The third kappa shape index (κ3) is 6.98. The third-order valence-corrected chi connectivity index (χ3v) is 7.48. The van der Waals surface area contributed by atoms with E-state index in [1.165, 1.54) is 0 Å². The number of sulfonamides is 1. The van der Waals surface area contributed by atoms with Crippen molar-refractivity contribution in [3.8, 4) is 0 Å². The first-order valence-corrected chi connectivity index (χ1v) is 14.0. The van der Waals surface area contributed by atoms with Gasteiger partial charge in [-0.15, -0.1) is 0 Å². The van der Waals surface area contributed by atoms with Gasteiger partial charge in [-0.25, -0.2) is 8.42 Å². The fraction of sp³-hybridized carbons (Fsp3) is 0.440. The van der Waals surface area contributed by atoms with Crippen LogP contribution < -0.4 is 4.90 Å². The van der Waals surface area contributed by atoms with Gasteiger partial charge in [-0.05, 0) is 36.1 Å². The molecule has 0 bridgehead atoms. The fourth-order valence-corrected chi connectivity index (χ4v) is 5.30. The molecule has 0 saturated heterocycles. The summed E-state index contributed by atoms with van der Waals surface area (Å²) in [6, 6.07) is 12.3. The first kappa shape index (κ1) is 28.4. The summed E-state index contributed by atoms with van der Waals surface area (Å²) in [6.45, 7) is 5.44. The lowest BCUT2D eigenvalue weighted by Crippen LogP contribution is -2.45. The molecule has 0 aromatic heterocycles. The van der Waals surface area contributed by atoms with Crippen LogP contribution in [0.15, 0.2) is 42.5 Å². The van der Waals surface area contributed by atoms with Crippen molar-refractivity contribution >= 4 is 50.8 Å². The van der Waals surface area contributed by atoms with Crippen LogP contribution in [0.4, 0.5) is 5.69 Å². The number of nitrogens with zero attached hydrogens (tertiary/aromatic N) is 2. The molecule has 36 heavy (non-hydrogen) atoms. The topological polar surface area (TPSA) is 104 Å². The van der Waals surface area contributed by atoms with Crippen LogP contribution >= 0.6 is 23.2 Å². The summed E-state index contributed by atoms with van der Waals surface area (Å²) in [7, 11) is -3.83. The van der Waals surface area contributed by atoms with Gasteiger partial charge >= 0.3 is 5.97 Å². The molecule has 196 valence electrons. The van der Waals surface area contributed by atoms with Crippen molar-refractivity contribution in [2.75, 3.05) is 30.8 Å². The number of halogens is 2. The molecule has 3 rings (SSSR count). The number of fused-ring (bicyclic) bond motifs is 1. The molecule has 1 N–H and O–H groups in total. The quantitative estimate of drug-likeness (QED) is 0.509. The number of hydrogen-bond acceptors (Lipinski definition) is 5. The summed E-state index contributed by atoms with van der Waals surface area (Å²) in [4.78, 5) is 26.8. The van der Waals surface area contributed by atoms with Crippen LogP contribution in [0.3, 0.4) is 0 Å². The molecule has 1 heterocycles. The molecule has 2 aromatic carbocycles. The van der Waals surface area contributed by atoms with E-state index in [0.717, 1.165) is 10.6 Å². The summed E-state index contributed by atoms with van der Waals surface area (Å²) in [5, 5.41) is 10.1. The minimum atomic E-state index is -3.83. The highest BCUT2D eigenvalue weighted by atomic mass is 35.5. The average Bonchev–Trinajstić information content (AvgIpc) is 2.85. The number of aliphatic carboxylic acids is 1. The summed E-state index contributed by atoms with van der Waals surface area (Å²) in [5.41, 5.74) is 1.63. The van der Waals surface area contributed by atoms with Gasteiger partial charge < -0.3 is 14.7 Å². The lowest BCUT2D eigenvalue weighted by atomic mass is 9.94. The highest BCUT2D eigenvalue weighted by Crippen LogP contribution is 2.42. The molecule has 0 spiro atoms. The summed E-state index contributed by atoms with van der Waals surface area (Å²) in [5.74, 6) is -1.65. The second kappa shape index (κ2) is 11.1. The SMILES string of the molecule is CC(C)(C)CN1C(=O)C(CCN(CC(=O)O)S(C)(=O)=O)OC(c2ccccc2Cl)c2cc(Cl)ccc21. The number of carbonyl (C=O) groups excluding carboxylic acids is 1. The minimum absolute atomic E-state index is 0.0531. The van der Waals surface area contributed by atoms with Crippen LogP contribution in [0.2, 0.25) is 10.0 Å². The van der Waals surface area contributed by atoms with E-state index in [9.17, 15) is 23.1 Å². The van der Waals surface area contributed by atoms with Gasteiger partial charge in [0.25, 0.3) is 5.91 Å². The number of carboxylic acid groups (broad SMARTS) is 1. The Kier molecular flexibility index (Phi) is 8.73. The number of hydrogen-bond donors (Lipinski definition) is 1. The number of benzene rings is 2. The zero-order valence-electron chi connectivity index (χ0n) is 20.6. The van der Waals surface area contributed by atoms with E-state index in [0.29, 0.717) is 33.4 Å². The molecule has 1 aliphatic heterocycles. The lowest BCUT2D eigenvalue weighted by molar-refractivity contribution is -0.137. The third-order valence-electron chi connectivity index (χ3n) is 5.65. The first-order chi connectivity index (χ1) is 16.7. The van der Waals surface area contributed by atoms with Crippen LogP contribution in [0.5, 0.6) is 0 Å². The van der Waals surface area contributed by atoms with Crippen molar-refractivity contribution in [2.24, 2.45) is 5.41 Å². The maximum atomic E-state index is 13.9. The normalized spacial score (nSPS) is 18.8. The lowest BCUT2D eigenvalue weighted by Gasteiger charge is -2.31. The van der Waals surface area contributed by atoms with E-state index in [1.54, 1.807) is 41.3 Å². The number of amides is 1. The van der Waals surface area contributed by atoms with Crippen LogP contribution in [0, 0.1) is 5.41 Å². The van der Waals surface area contributed by atoms with Gasteiger partial charge in [0.1, 0.15) is 18.8 Å². The van der Waals surface area contributed by atoms with Crippen molar-refractivity contribution in [1.29, 1.82) is 0 Å². The zero-order chi connectivity index (χ0) is 26.8. The summed E-state index contributed by atoms with van der Waals surface area (Å²) >= 11 is 12.9. The molecular formula is C25H30Cl2N2O6S. The van der Waals surface area contributed by atoms with Crippen LogP contribution in [-0.4, -0.2) is 61.7 Å². The molecule has 0 aliphatic carbocycles. The Bertz CT molecular complexity index is 1250. The highest BCUT2D eigenvalue weighted by Gasteiger charge is 2.39. The number of carboxylic acids is 1. The van der Waals surface area contributed by atoms with Gasteiger partial charge in [-0.1, -0.05) is 62.2 Å². The van der Waals surface area contributed by atoms with E-state index < -0.39 is 34.7 Å². The van der Waals surface area contributed by atoms with E-state index in [4.69, 9.17) is 27.9 Å². The smallest absolute Gasteiger partial charge is 0.318 e. The molecule has 1 aliphatic rings. The first-order valence-electron chi connectivity index (χ1n) is 11.3. The largest absolute Gasteiger partial charge is 0.480 e. The Hall–Kier alpha value is -2.17. The van der Waals surface area contributed by atoms with E-state index in [2.05, 4.69) is 0 Å². The Balaban J connectivity index is 2.11. The highest BCUT2D eigenvalue weighted by molar-refractivity contribution is 7.88. The zero-order valence-corrected chi connectivity index (χ0v) is 22.9. The number of ether oxygens (including phenoxy) is 1. The van der Waals surface area contributed by atoms with Crippen LogP contribution in [-0.2, 0) is 24.3 Å². The van der Waals surface area contributed by atoms with Gasteiger partial charge in [-0.2, -0.15) is 4.31 Å². The van der Waals surface area contributed by atoms with E-state index >= 15 is 0 Å². The molecule has 2 aromatic rings. The second-order valence-corrected chi connectivity index (χ2v) is 12.8. The molecule has 1 amide bonds. The molecule has 2 unspecified atom stereocenters. The summed E-state index contributed by atoms with van der Waals surface area (Å²) in [6.07, 6.45) is -0.958. The maximum Gasteiger partial charge on any atom is 0.318 e. The van der Waals surface area contributed by atoms with Crippen molar-refractivity contribution in [2.45, 2.75) is 39.4 Å². The summed E-state index contributed by atoms with van der Waals surface area (Å²) < 4.78 is 31.6. The van der Waals surface area contributed by atoms with Crippen molar-refractivity contribution < 1.29 is 27.9 Å². The Morgan fingerprint density at radius 1 is 1.14 bits per heavy atom. The molecule has 0 saturated carbocycles. The van der Waals surface area contributed by atoms with Crippen molar-refractivity contribution in [3.63, 3.8) is 0 Å². The maximum absolute atomic E-state index is 13.9. The number of anilines is 1. The van der Waals surface area contributed by atoms with Crippen LogP contribution in [0.25, 0.3) is 0 Å². The van der Waals surface area contributed by atoms with Gasteiger partial charge in [0.15, 0.2) is 0 Å². The van der Waals surface area contributed by atoms with Crippen molar-refractivity contribution in [1.82, 2.24) is 4.31 Å². The molecular weight excluding hydrogens is 527 g/mol. The molecule has 2 atom stereocenters. The Labute approximate surface area is 221 Å². The van der Waals surface area contributed by atoms with Gasteiger partial charge in [0, 0.05) is 39.9 Å². The van der Waals surface area contributed by atoms with Gasteiger partial charge in [-0.3, -0.25) is 9.59 Å².